The fraction of sp³-hybridized carbons (Fsp3) is 0.478. The number of halogens is 1. The van der Waals surface area contributed by atoms with Crippen molar-refractivity contribution in [3.05, 3.63) is 51.9 Å². The van der Waals surface area contributed by atoms with Gasteiger partial charge in [-0.05, 0) is 23.7 Å². The molecule has 39 heavy (non-hydrogen) atoms. The zero-order valence-corrected chi connectivity index (χ0v) is 21.4. The van der Waals surface area contributed by atoms with Crippen molar-refractivity contribution in [1.82, 2.24) is 24.4 Å². The number of aliphatic hydroxyl groups is 1. The van der Waals surface area contributed by atoms with Gasteiger partial charge in [-0.2, -0.15) is 0 Å². The summed E-state index contributed by atoms with van der Waals surface area (Å²) in [5.74, 6) is -0.283. The summed E-state index contributed by atoms with van der Waals surface area (Å²) < 4.78 is 18.3. The Morgan fingerprint density at radius 3 is 2.90 bits per heavy atom. The topological polar surface area (TPSA) is 193 Å². The number of carboxylic acid groups (broad SMARTS) is 1. The molecule has 2 saturated heterocycles. The maximum absolute atomic E-state index is 11.6. The van der Waals surface area contributed by atoms with Gasteiger partial charge in [0, 0.05) is 41.7 Å². The molecule has 4 atom stereocenters. The molecule has 5 rings (SSSR count). The van der Waals surface area contributed by atoms with E-state index in [-0.39, 0.29) is 5.65 Å². The van der Waals surface area contributed by atoms with Crippen molar-refractivity contribution in [3.63, 3.8) is 0 Å². The van der Waals surface area contributed by atoms with Crippen LogP contribution in [0.1, 0.15) is 11.8 Å². The molecular formula is C23H26ClN9O6. The van der Waals surface area contributed by atoms with Crippen molar-refractivity contribution in [2.24, 2.45) is 5.11 Å². The molecule has 2 aliphatic heterocycles. The number of carboxylic acids is 1. The first-order valence-corrected chi connectivity index (χ1v) is 12.6. The summed E-state index contributed by atoms with van der Waals surface area (Å²) in [7, 11) is 0. The summed E-state index contributed by atoms with van der Waals surface area (Å²) in [5, 5.41) is 27.3. The summed E-state index contributed by atoms with van der Waals surface area (Å²) in [4.78, 5) is 29.4. The lowest BCUT2D eigenvalue weighted by Gasteiger charge is -2.26. The molecule has 1 aromatic carbocycles. The molecule has 2 fully saturated rings. The summed E-state index contributed by atoms with van der Waals surface area (Å²) in [5.41, 5.74) is 10.3. The third kappa shape index (κ3) is 5.83. The molecule has 0 bridgehead atoms. The number of nitrogens with zero attached hydrogens (tertiary/aromatic N) is 8. The van der Waals surface area contributed by atoms with Crippen LogP contribution in [-0.4, -0.2) is 98.3 Å². The minimum absolute atomic E-state index is 0.287. The highest BCUT2D eigenvalue weighted by atomic mass is 35.5. The van der Waals surface area contributed by atoms with Gasteiger partial charge in [0.15, 0.2) is 29.3 Å². The van der Waals surface area contributed by atoms with Crippen LogP contribution < -0.4 is 10.1 Å². The van der Waals surface area contributed by atoms with Crippen molar-refractivity contribution >= 4 is 34.6 Å². The highest BCUT2D eigenvalue weighted by molar-refractivity contribution is 6.30. The normalized spacial score (nSPS) is 23.4. The number of carbonyl (C=O) groups is 1. The van der Waals surface area contributed by atoms with E-state index in [1.165, 1.54) is 17.2 Å². The zero-order valence-electron chi connectivity index (χ0n) is 20.6. The SMILES string of the molecule is [N-]=[N+]=N[C@H]1[C@@H](O)[C@H](n2cnc3c(NCc4cc(Cl)ccc4OCCN4CCOCC4)ncnc32)O[C@@H]1C(=O)O. The number of benzene rings is 1. The lowest BCUT2D eigenvalue weighted by Crippen LogP contribution is -2.38. The van der Waals surface area contributed by atoms with Crippen molar-refractivity contribution in [2.75, 3.05) is 44.8 Å². The molecular weight excluding hydrogens is 534 g/mol. The summed E-state index contributed by atoms with van der Waals surface area (Å²) >= 11 is 6.25. The van der Waals surface area contributed by atoms with E-state index >= 15 is 0 Å². The van der Waals surface area contributed by atoms with E-state index in [9.17, 15) is 15.0 Å². The number of morpholine rings is 1. The zero-order chi connectivity index (χ0) is 27.4. The van der Waals surface area contributed by atoms with E-state index in [0.717, 1.165) is 38.4 Å². The predicted molar refractivity (Wildman–Crippen MR) is 137 cm³/mol. The minimum Gasteiger partial charge on any atom is -0.492 e. The van der Waals surface area contributed by atoms with Crippen molar-refractivity contribution in [3.8, 4) is 5.75 Å². The summed E-state index contributed by atoms with van der Waals surface area (Å²) in [6.45, 7) is 4.80. The van der Waals surface area contributed by atoms with E-state index < -0.39 is 30.4 Å². The number of ether oxygens (including phenoxy) is 3. The first-order valence-electron chi connectivity index (χ1n) is 12.2. The summed E-state index contributed by atoms with van der Waals surface area (Å²) in [6, 6.07) is 4.07. The van der Waals surface area contributed by atoms with Crippen molar-refractivity contribution in [1.29, 1.82) is 0 Å². The van der Waals surface area contributed by atoms with Crippen LogP contribution in [0.15, 0.2) is 36.0 Å². The number of hydrogen-bond acceptors (Lipinski definition) is 11. The molecule has 0 unspecified atom stereocenters. The molecule has 3 aromatic rings. The number of fused-ring (bicyclic) bond motifs is 1. The highest BCUT2D eigenvalue weighted by Gasteiger charge is 2.48. The molecule has 206 valence electrons. The van der Waals surface area contributed by atoms with Gasteiger partial charge in [-0.3, -0.25) is 9.47 Å². The fourth-order valence-corrected chi connectivity index (χ4v) is 4.76. The Morgan fingerprint density at radius 1 is 1.31 bits per heavy atom. The third-order valence-corrected chi connectivity index (χ3v) is 6.77. The first-order chi connectivity index (χ1) is 19.0. The van der Waals surface area contributed by atoms with Gasteiger partial charge in [0.1, 0.15) is 30.8 Å². The molecule has 15 nitrogen and oxygen atoms in total. The molecule has 0 saturated carbocycles. The van der Waals surface area contributed by atoms with Gasteiger partial charge in [-0.1, -0.05) is 16.7 Å². The van der Waals surface area contributed by atoms with Crippen LogP contribution in [0.2, 0.25) is 5.02 Å². The second-order valence-corrected chi connectivity index (χ2v) is 9.36. The smallest absolute Gasteiger partial charge is 0.333 e. The highest BCUT2D eigenvalue weighted by Crippen LogP contribution is 2.34. The Morgan fingerprint density at radius 2 is 2.13 bits per heavy atom. The van der Waals surface area contributed by atoms with Gasteiger partial charge < -0.3 is 29.7 Å². The van der Waals surface area contributed by atoms with Gasteiger partial charge in [-0.15, -0.1) is 0 Å². The molecule has 16 heteroatoms. The Kier molecular flexibility index (Phi) is 8.26. The molecule has 4 heterocycles. The van der Waals surface area contributed by atoms with Crippen LogP contribution in [0.25, 0.3) is 21.6 Å². The average molecular weight is 560 g/mol. The Bertz CT molecular complexity index is 1380. The maximum Gasteiger partial charge on any atom is 0.333 e. The molecule has 2 aliphatic rings. The van der Waals surface area contributed by atoms with Crippen LogP contribution in [0, 0.1) is 0 Å². The van der Waals surface area contributed by atoms with E-state index in [1.54, 1.807) is 12.1 Å². The predicted octanol–water partition coefficient (Wildman–Crippen LogP) is 1.82. The largest absolute Gasteiger partial charge is 0.492 e. The Balaban J connectivity index is 1.31. The number of aliphatic hydroxyl groups excluding tert-OH is 1. The van der Waals surface area contributed by atoms with E-state index in [1.807, 2.05) is 6.07 Å². The van der Waals surface area contributed by atoms with Crippen LogP contribution in [0.5, 0.6) is 5.75 Å². The van der Waals surface area contributed by atoms with Crippen LogP contribution in [0.4, 0.5) is 5.82 Å². The van der Waals surface area contributed by atoms with E-state index in [2.05, 4.69) is 35.2 Å². The molecule has 0 amide bonds. The number of hydrogen-bond donors (Lipinski definition) is 3. The fourth-order valence-electron chi connectivity index (χ4n) is 4.56. The second kappa shape index (κ2) is 12.0. The van der Waals surface area contributed by atoms with Crippen molar-refractivity contribution < 1.29 is 29.2 Å². The summed E-state index contributed by atoms with van der Waals surface area (Å²) in [6.07, 6.45) is -1.48. The molecule has 3 N–H and O–H groups in total. The molecule has 0 spiro atoms. The first kappa shape index (κ1) is 26.9. The molecule has 0 aliphatic carbocycles. The lowest BCUT2D eigenvalue weighted by molar-refractivity contribution is -0.152. The van der Waals surface area contributed by atoms with Gasteiger partial charge in [-0.25, -0.2) is 19.7 Å². The lowest BCUT2D eigenvalue weighted by atomic mass is 10.1. The van der Waals surface area contributed by atoms with Crippen molar-refractivity contribution in [2.45, 2.75) is 31.0 Å². The van der Waals surface area contributed by atoms with Gasteiger partial charge >= 0.3 is 5.97 Å². The monoisotopic (exact) mass is 559 g/mol. The van der Waals surface area contributed by atoms with Gasteiger partial charge in [0.25, 0.3) is 0 Å². The van der Waals surface area contributed by atoms with Crippen LogP contribution in [0.3, 0.4) is 0 Å². The number of imidazole rings is 1. The molecule has 0 radical (unpaired) electrons. The number of rotatable bonds is 10. The maximum atomic E-state index is 11.6. The van der Waals surface area contributed by atoms with Crippen LogP contribution >= 0.6 is 11.6 Å². The molecule has 2 aromatic heterocycles. The van der Waals surface area contributed by atoms with Gasteiger partial charge in [0.2, 0.25) is 0 Å². The minimum atomic E-state index is -1.53. The number of aliphatic carboxylic acids is 1. The number of nitrogens with one attached hydrogen (secondary N) is 1. The Labute approximate surface area is 226 Å². The van der Waals surface area contributed by atoms with Gasteiger partial charge in [0.05, 0.1) is 19.5 Å². The second-order valence-electron chi connectivity index (χ2n) is 8.93. The number of aromatic nitrogens is 4. The van der Waals surface area contributed by atoms with E-state index in [4.69, 9.17) is 31.3 Å². The number of azide groups is 1. The van der Waals surface area contributed by atoms with Crippen LogP contribution in [-0.2, 0) is 20.8 Å². The standard InChI is InChI=1S/C23H26ClN9O6/c24-14-1-2-15(38-8-5-32-3-6-37-7-4-32)13(9-14)10-26-20-17-21(28-11-27-20)33(12-29-17)22-18(34)16(30-31-25)19(39-22)23(35)36/h1-2,9,11-12,16,18-19,22,34H,3-8,10H2,(H,35,36)(H,26,27,28)/t16-,18+,19-,22+/m0/s1. The average Bonchev–Trinajstić information content (AvgIpc) is 3.51. The third-order valence-electron chi connectivity index (χ3n) is 6.54. The Hall–Kier alpha value is -3.72. The number of anilines is 1. The quantitative estimate of drug-likeness (QED) is 0.186. The van der Waals surface area contributed by atoms with E-state index in [0.29, 0.717) is 35.3 Å².